The van der Waals surface area contributed by atoms with Crippen molar-refractivity contribution in [1.29, 1.82) is 0 Å². The Morgan fingerprint density at radius 3 is 2.75 bits per heavy atom. The lowest BCUT2D eigenvalue weighted by molar-refractivity contribution is -0.148. The van der Waals surface area contributed by atoms with Crippen molar-refractivity contribution in [3.8, 4) is 10.6 Å². The molecule has 0 bridgehead atoms. The lowest BCUT2D eigenvalue weighted by Crippen LogP contribution is -2.41. The summed E-state index contributed by atoms with van der Waals surface area (Å²) in [6.07, 6.45) is 0.0843. The van der Waals surface area contributed by atoms with Crippen LogP contribution in [0.15, 0.2) is 29.6 Å². The molecule has 0 aliphatic heterocycles. The van der Waals surface area contributed by atoms with Gasteiger partial charge in [0.25, 0.3) is 0 Å². The molecule has 0 unspecified atom stereocenters. The summed E-state index contributed by atoms with van der Waals surface area (Å²) in [6, 6.07) is 6.04. The average Bonchev–Trinajstić information content (AvgIpc) is 3.00. The smallest absolute Gasteiger partial charge is 0.325 e. The van der Waals surface area contributed by atoms with Crippen molar-refractivity contribution in [3.05, 3.63) is 41.2 Å². The number of benzene rings is 1. The number of esters is 1. The van der Waals surface area contributed by atoms with Gasteiger partial charge in [-0.3, -0.25) is 9.59 Å². The zero-order chi connectivity index (χ0) is 17.7. The number of methoxy groups -OCH3 is 1. The van der Waals surface area contributed by atoms with E-state index in [4.69, 9.17) is 0 Å². The van der Waals surface area contributed by atoms with E-state index in [-0.39, 0.29) is 30.7 Å². The summed E-state index contributed by atoms with van der Waals surface area (Å²) >= 11 is 1.35. The first-order valence-corrected chi connectivity index (χ1v) is 8.35. The molecular weight excluding hydrogens is 331 g/mol. The van der Waals surface area contributed by atoms with Crippen LogP contribution in [-0.4, -0.2) is 41.5 Å². The molecule has 0 atom stereocenters. The Labute approximate surface area is 144 Å². The van der Waals surface area contributed by atoms with Gasteiger partial charge >= 0.3 is 5.97 Å². The quantitative estimate of drug-likeness (QED) is 0.752. The van der Waals surface area contributed by atoms with Crippen molar-refractivity contribution in [3.63, 3.8) is 0 Å². The van der Waals surface area contributed by atoms with E-state index in [2.05, 4.69) is 9.72 Å². The number of ether oxygens (including phenoxy) is 1. The third-order valence-electron chi connectivity index (χ3n) is 3.43. The molecule has 0 aliphatic carbocycles. The lowest BCUT2D eigenvalue weighted by atomic mass is 10.2. The van der Waals surface area contributed by atoms with Crippen LogP contribution in [0.1, 0.15) is 19.5 Å². The third kappa shape index (κ3) is 4.61. The van der Waals surface area contributed by atoms with E-state index < -0.39 is 5.97 Å². The largest absolute Gasteiger partial charge is 0.468 e. The molecule has 1 aromatic heterocycles. The number of nitrogens with zero attached hydrogens (tertiary/aromatic N) is 2. The zero-order valence-electron chi connectivity index (χ0n) is 13.8. The Morgan fingerprint density at radius 2 is 2.12 bits per heavy atom. The van der Waals surface area contributed by atoms with Crippen molar-refractivity contribution in [2.24, 2.45) is 0 Å². The van der Waals surface area contributed by atoms with Gasteiger partial charge in [0.2, 0.25) is 5.91 Å². The van der Waals surface area contributed by atoms with E-state index in [0.717, 1.165) is 0 Å². The SMILES string of the molecule is COC(=O)CN(C(=O)Cc1csc(-c2cccc(F)c2)n1)C(C)C. The van der Waals surface area contributed by atoms with E-state index in [0.29, 0.717) is 16.3 Å². The number of hydrogen-bond acceptors (Lipinski definition) is 5. The molecule has 1 aromatic carbocycles. The van der Waals surface area contributed by atoms with Gasteiger partial charge in [-0.15, -0.1) is 11.3 Å². The van der Waals surface area contributed by atoms with E-state index in [1.165, 1.54) is 35.5 Å². The molecule has 0 spiro atoms. The molecule has 128 valence electrons. The average molecular weight is 350 g/mol. The van der Waals surface area contributed by atoms with Gasteiger partial charge in [0.05, 0.1) is 19.2 Å². The second-order valence-corrected chi connectivity index (χ2v) is 6.38. The number of amides is 1. The van der Waals surface area contributed by atoms with E-state index in [1.54, 1.807) is 17.5 Å². The van der Waals surface area contributed by atoms with Crippen molar-refractivity contribution in [2.75, 3.05) is 13.7 Å². The van der Waals surface area contributed by atoms with Crippen LogP contribution in [0, 0.1) is 5.82 Å². The summed E-state index contributed by atoms with van der Waals surface area (Å²) in [5.41, 5.74) is 1.27. The fraction of sp³-hybridized carbons (Fsp3) is 0.353. The number of carbonyl (C=O) groups excluding carboxylic acids is 2. The summed E-state index contributed by atoms with van der Waals surface area (Å²) in [5.74, 6) is -0.994. The number of thiazole rings is 1. The maximum absolute atomic E-state index is 13.3. The first-order chi connectivity index (χ1) is 11.4. The normalized spacial score (nSPS) is 10.7. The lowest BCUT2D eigenvalue weighted by Gasteiger charge is -2.25. The summed E-state index contributed by atoms with van der Waals surface area (Å²) in [5, 5.41) is 2.43. The van der Waals surface area contributed by atoms with Crippen LogP contribution in [0.2, 0.25) is 0 Å². The van der Waals surface area contributed by atoms with Crippen LogP contribution in [0.25, 0.3) is 10.6 Å². The van der Waals surface area contributed by atoms with E-state index in [1.807, 2.05) is 13.8 Å². The molecule has 2 aromatic rings. The van der Waals surface area contributed by atoms with Gasteiger partial charge in [-0.1, -0.05) is 12.1 Å². The Bertz CT molecular complexity index is 730. The second kappa shape index (κ2) is 8.01. The first kappa shape index (κ1) is 18.1. The predicted molar refractivity (Wildman–Crippen MR) is 90.1 cm³/mol. The zero-order valence-corrected chi connectivity index (χ0v) is 14.6. The van der Waals surface area contributed by atoms with E-state index >= 15 is 0 Å². The van der Waals surface area contributed by atoms with Crippen LogP contribution >= 0.6 is 11.3 Å². The fourth-order valence-corrected chi connectivity index (χ4v) is 2.98. The van der Waals surface area contributed by atoms with Gasteiger partial charge in [-0.2, -0.15) is 0 Å². The Balaban J connectivity index is 2.10. The molecule has 0 radical (unpaired) electrons. The van der Waals surface area contributed by atoms with Crippen LogP contribution in [0.4, 0.5) is 4.39 Å². The topological polar surface area (TPSA) is 59.5 Å². The molecule has 0 N–H and O–H groups in total. The summed E-state index contributed by atoms with van der Waals surface area (Å²) in [4.78, 5) is 29.7. The van der Waals surface area contributed by atoms with Gasteiger partial charge in [0.1, 0.15) is 17.4 Å². The third-order valence-corrected chi connectivity index (χ3v) is 4.37. The fourth-order valence-electron chi connectivity index (χ4n) is 2.16. The van der Waals surface area contributed by atoms with Crippen molar-refractivity contribution in [2.45, 2.75) is 26.3 Å². The predicted octanol–water partition coefficient (Wildman–Crippen LogP) is 2.90. The number of rotatable bonds is 6. The molecule has 5 nitrogen and oxygen atoms in total. The van der Waals surface area contributed by atoms with Gasteiger partial charge in [-0.25, -0.2) is 9.37 Å². The maximum Gasteiger partial charge on any atom is 0.325 e. The highest BCUT2D eigenvalue weighted by atomic mass is 32.1. The summed E-state index contributed by atoms with van der Waals surface area (Å²) < 4.78 is 17.9. The van der Waals surface area contributed by atoms with Gasteiger partial charge in [0, 0.05) is 17.0 Å². The summed E-state index contributed by atoms with van der Waals surface area (Å²) in [6.45, 7) is 3.58. The summed E-state index contributed by atoms with van der Waals surface area (Å²) in [7, 11) is 1.29. The number of hydrogen-bond donors (Lipinski definition) is 0. The minimum atomic E-state index is -0.462. The monoisotopic (exact) mass is 350 g/mol. The molecule has 1 amide bonds. The molecule has 2 rings (SSSR count). The minimum absolute atomic E-state index is 0.0843. The van der Waals surface area contributed by atoms with Crippen LogP contribution in [-0.2, 0) is 20.7 Å². The van der Waals surface area contributed by atoms with Crippen LogP contribution in [0.3, 0.4) is 0 Å². The molecule has 0 aliphatic rings. The molecular formula is C17H19FN2O3S. The molecule has 0 saturated heterocycles. The molecule has 24 heavy (non-hydrogen) atoms. The van der Waals surface area contributed by atoms with Crippen LogP contribution in [0.5, 0.6) is 0 Å². The molecule has 0 fully saturated rings. The Kier molecular flexibility index (Phi) is 6.03. The van der Waals surface area contributed by atoms with Crippen molar-refractivity contribution >= 4 is 23.2 Å². The van der Waals surface area contributed by atoms with Crippen molar-refractivity contribution in [1.82, 2.24) is 9.88 Å². The highest BCUT2D eigenvalue weighted by Crippen LogP contribution is 2.24. The maximum atomic E-state index is 13.3. The second-order valence-electron chi connectivity index (χ2n) is 5.52. The number of carbonyl (C=O) groups is 2. The minimum Gasteiger partial charge on any atom is -0.468 e. The first-order valence-electron chi connectivity index (χ1n) is 7.47. The van der Waals surface area contributed by atoms with Gasteiger partial charge < -0.3 is 9.64 Å². The Morgan fingerprint density at radius 1 is 1.38 bits per heavy atom. The number of aromatic nitrogens is 1. The highest BCUT2D eigenvalue weighted by Gasteiger charge is 2.21. The standard InChI is InChI=1S/C17H19FN2O3S/c1-11(2)20(9-16(22)23-3)15(21)8-14-10-24-17(19-14)12-5-4-6-13(18)7-12/h4-7,10-11H,8-9H2,1-3H3. The molecule has 7 heteroatoms. The van der Waals surface area contributed by atoms with E-state index in [9.17, 15) is 14.0 Å². The van der Waals surface area contributed by atoms with Crippen molar-refractivity contribution < 1.29 is 18.7 Å². The van der Waals surface area contributed by atoms with Gasteiger partial charge in [-0.05, 0) is 26.0 Å². The highest BCUT2D eigenvalue weighted by molar-refractivity contribution is 7.13. The molecule has 1 heterocycles. The van der Waals surface area contributed by atoms with Gasteiger partial charge in [0.15, 0.2) is 0 Å². The van der Waals surface area contributed by atoms with Crippen LogP contribution < -0.4 is 0 Å². The Hall–Kier alpha value is -2.28. The molecule has 0 saturated carbocycles. The number of halogens is 1.